The van der Waals surface area contributed by atoms with Crippen LogP contribution in [0.1, 0.15) is 63.1 Å². The number of hydrogen-bond donors (Lipinski definition) is 0. The quantitative estimate of drug-likeness (QED) is 0.333. The lowest BCUT2D eigenvalue weighted by Gasteiger charge is -2.08. The molecule has 198 valence electrons. The van der Waals surface area contributed by atoms with Crippen LogP contribution in [0, 0.1) is 30.6 Å². The lowest BCUT2D eigenvalue weighted by molar-refractivity contribution is -0.139. The molecular weight excluding hydrogens is 500 g/mol. The molecule has 0 radical (unpaired) electrons. The van der Waals surface area contributed by atoms with Gasteiger partial charge in [-0.05, 0) is 36.8 Å². The first-order chi connectivity index (χ1) is 18.8. The molecule has 2 aromatic rings. The molecule has 4 rings (SSSR count). The number of methoxy groups -OCH3 is 1. The van der Waals surface area contributed by atoms with Gasteiger partial charge in [-0.3, -0.25) is 38.6 Å². The van der Waals surface area contributed by atoms with Gasteiger partial charge in [0, 0.05) is 42.4 Å². The molecule has 39 heavy (non-hydrogen) atoms. The van der Waals surface area contributed by atoms with Gasteiger partial charge in [-0.2, -0.15) is 0 Å². The summed E-state index contributed by atoms with van der Waals surface area (Å²) in [6, 6.07) is 10.1. The number of amides is 4. The van der Waals surface area contributed by atoms with Crippen molar-refractivity contribution in [3.05, 3.63) is 64.2 Å². The van der Waals surface area contributed by atoms with Crippen molar-refractivity contribution in [3.8, 4) is 29.4 Å². The van der Waals surface area contributed by atoms with Gasteiger partial charge in [-0.1, -0.05) is 35.8 Å². The number of aryl methyl sites for hydroxylation is 1. The average molecular weight is 527 g/mol. The van der Waals surface area contributed by atoms with Crippen LogP contribution in [0.15, 0.2) is 36.4 Å². The zero-order chi connectivity index (χ0) is 28.4. The Hall–Kier alpha value is -5.02. The molecule has 9 heteroatoms. The van der Waals surface area contributed by atoms with Gasteiger partial charge in [0.05, 0.1) is 25.8 Å². The molecule has 0 bridgehead atoms. The molecule has 2 aliphatic rings. The van der Waals surface area contributed by atoms with Gasteiger partial charge in [0.1, 0.15) is 18.3 Å². The monoisotopic (exact) mass is 526 g/mol. The van der Waals surface area contributed by atoms with E-state index in [-0.39, 0.29) is 62.4 Å². The van der Waals surface area contributed by atoms with Gasteiger partial charge >= 0.3 is 0 Å². The number of likely N-dealkylation sites (tertiary alicyclic amines) is 2. The molecule has 0 N–H and O–H groups in total. The van der Waals surface area contributed by atoms with E-state index in [4.69, 9.17) is 4.74 Å². The van der Waals surface area contributed by atoms with Gasteiger partial charge in [0.2, 0.25) is 23.6 Å². The summed E-state index contributed by atoms with van der Waals surface area (Å²) in [6.07, 6.45) is 2.60. The minimum Gasteiger partial charge on any atom is -0.495 e. The van der Waals surface area contributed by atoms with E-state index in [1.807, 2.05) is 6.92 Å². The highest BCUT2D eigenvalue weighted by molar-refractivity contribution is 6.02. The van der Waals surface area contributed by atoms with Crippen LogP contribution >= 0.6 is 0 Å². The van der Waals surface area contributed by atoms with Crippen molar-refractivity contribution in [2.24, 2.45) is 0 Å². The first-order valence-corrected chi connectivity index (χ1v) is 12.1. The molecule has 0 aliphatic carbocycles. The maximum atomic E-state index is 11.4. The highest BCUT2D eigenvalue weighted by atomic mass is 16.5. The van der Waals surface area contributed by atoms with Crippen LogP contribution in [0.2, 0.25) is 0 Å². The summed E-state index contributed by atoms with van der Waals surface area (Å²) in [7, 11) is 1.49. The topological polar surface area (TPSA) is 118 Å². The number of imide groups is 2. The van der Waals surface area contributed by atoms with Crippen molar-refractivity contribution < 1.29 is 33.5 Å². The maximum absolute atomic E-state index is 11.4. The molecule has 2 saturated heterocycles. The van der Waals surface area contributed by atoms with Crippen molar-refractivity contribution in [2.75, 3.05) is 20.2 Å². The number of aldehydes is 2. The van der Waals surface area contributed by atoms with E-state index in [0.717, 1.165) is 28.6 Å². The summed E-state index contributed by atoms with van der Waals surface area (Å²) < 4.78 is 5.14. The third-order valence-electron chi connectivity index (χ3n) is 5.98. The van der Waals surface area contributed by atoms with Crippen LogP contribution in [0.3, 0.4) is 0 Å². The number of nitrogens with zero attached hydrogens (tertiary/aromatic N) is 2. The molecule has 0 spiro atoms. The third kappa shape index (κ3) is 7.50. The molecule has 0 saturated carbocycles. The average Bonchev–Trinajstić information content (AvgIpc) is 3.44. The molecule has 9 nitrogen and oxygen atoms in total. The fourth-order valence-electron chi connectivity index (χ4n) is 3.81. The molecule has 0 unspecified atom stereocenters. The van der Waals surface area contributed by atoms with Crippen molar-refractivity contribution in [1.82, 2.24) is 9.80 Å². The van der Waals surface area contributed by atoms with Crippen molar-refractivity contribution >= 4 is 36.2 Å². The van der Waals surface area contributed by atoms with Gasteiger partial charge in [0.25, 0.3) is 0 Å². The first kappa shape index (κ1) is 28.5. The smallest absolute Gasteiger partial charge is 0.230 e. The Kier molecular flexibility index (Phi) is 9.88. The van der Waals surface area contributed by atoms with E-state index >= 15 is 0 Å². The molecule has 4 amide bonds. The van der Waals surface area contributed by atoms with E-state index < -0.39 is 0 Å². The SMILES string of the molecule is COc1cc(C=O)ccc1C#CCN1C(=O)CCC1=O.Cc1cc(C=O)ccc1C#CCN1C(=O)CCC1=O. The highest BCUT2D eigenvalue weighted by Crippen LogP contribution is 2.18. The van der Waals surface area contributed by atoms with Crippen molar-refractivity contribution in [1.29, 1.82) is 0 Å². The number of ether oxygens (including phenoxy) is 1. The van der Waals surface area contributed by atoms with Crippen LogP contribution in [-0.4, -0.2) is 66.2 Å². The Labute approximate surface area is 226 Å². The van der Waals surface area contributed by atoms with E-state index in [1.54, 1.807) is 36.4 Å². The lowest BCUT2D eigenvalue weighted by atomic mass is 10.1. The Morgan fingerprint density at radius 3 is 1.59 bits per heavy atom. The lowest BCUT2D eigenvalue weighted by Crippen LogP contribution is -2.29. The van der Waals surface area contributed by atoms with Crippen LogP contribution in [0.25, 0.3) is 0 Å². The molecule has 2 heterocycles. The Bertz CT molecular complexity index is 1420. The minimum absolute atomic E-state index is 0.0796. The second-order valence-electron chi connectivity index (χ2n) is 8.62. The second kappa shape index (κ2) is 13.5. The fourth-order valence-corrected chi connectivity index (χ4v) is 3.81. The number of hydrogen-bond acceptors (Lipinski definition) is 7. The van der Waals surface area contributed by atoms with Gasteiger partial charge in [0.15, 0.2) is 0 Å². The molecule has 0 aromatic heterocycles. The summed E-state index contributed by atoms with van der Waals surface area (Å²) in [5.41, 5.74) is 3.41. The standard InChI is InChI=1S/C15H13NO4.C15H13NO3/c1-20-13-9-11(10-17)4-5-12(13)3-2-8-16-14(18)6-7-15(16)19;1-11-9-12(10-17)4-5-13(11)3-2-8-16-14(18)6-7-15(16)19/h4-5,9-10H,6-8H2,1H3;4-5,9-10H,6-8H2,1H3. The molecule has 2 fully saturated rings. The molecule has 2 aromatic carbocycles. The zero-order valence-electron chi connectivity index (χ0n) is 21.6. The predicted octanol–water partition coefficient (Wildman–Crippen LogP) is 2.32. The molecule has 0 atom stereocenters. The van der Waals surface area contributed by atoms with Gasteiger partial charge < -0.3 is 4.74 Å². The second-order valence-corrected chi connectivity index (χ2v) is 8.62. The fraction of sp³-hybridized carbons (Fsp3) is 0.267. The Morgan fingerprint density at radius 2 is 1.15 bits per heavy atom. The largest absolute Gasteiger partial charge is 0.495 e. The highest BCUT2D eigenvalue weighted by Gasteiger charge is 2.28. The van der Waals surface area contributed by atoms with Crippen molar-refractivity contribution in [2.45, 2.75) is 32.6 Å². The first-order valence-electron chi connectivity index (χ1n) is 12.1. The number of carbonyl (C=O) groups is 6. The van der Waals surface area contributed by atoms with E-state index in [2.05, 4.69) is 23.7 Å². The zero-order valence-corrected chi connectivity index (χ0v) is 21.6. The molecular formula is C30H26N2O7. The normalized spacial score (nSPS) is 14.1. The Balaban J connectivity index is 0.000000216. The predicted molar refractivity (Wildman–Crippen MR) is 141 cm³/mol. The van der Waals surface area contributed by atoms with Gasteiger partial charge in [-0.25, -0.2) is 0 Å². The minimum atomic E-state index is -0.187. The van der Waals surface area contributed by atoms with Crippen LogP contribution in [-0.2, 0) is 19.2 Å². The maximum Gasteiger partial charge on any atom is 0.230 e. The van der Waals surface area contributed by atoms with Crippen molar-refractivity contribution in [3.63, 3.8) is 0 Å². The summed E-state index contributed by atoms with van der Waals surface area (Å²) >= 11 is 0. The Morgan fingerprint density at radius 1 is 0.718 bits per heavy atom. The summed E-state index contributed by atoms with van der Waals surface area (Å²) in [6.45, 7) is 2.08. The van der Waals surface area contributed by atoms with Crippen LogP contribution in [0.5, 0.6) is 5.75 Å². The number of rotatable bonds is 5. The van der Waals surface area contributed by atoms with E-state index in [9.17, 15) is 28.8 Å². The third-order valence-corrected chi connectivity index (χ3v) is 5.98. The summed E-state index contributed by atoms with van der Waals surface area (Å²) in [5.74, 6) is 11.2. The van der Waals surface area contributed by atoms with E-state index in [0.29, 0.717) is 22.4 Å². The van der Waals surface area contributed by atoms with E-state index in [1.165, 1.54) is 12.0 Å². The number of carbonyl (C=O) groups excluding carboxylic acids is 6. The van der Waals surface area contributed by atoms with Crippen LogP contribution in [0.4, 0.5) is 0 Å². The van der Waals surface area contributed by atoms with Gasteiger partial charge in [-0.15, -0.1) is 0 Å². The van der Waals surface area contributed by atoms with Crippen LogP contribution < -0.4 is 4.74 Å². The molecule has 2 aliphatic heterocycles. The number of benzene rings is 2. The summed E-state index contributed by atoms with van der Waals surface area (Å²) in [4.78, 5) is 69.2. The summed E-state index contributed by atoms with van der Waals surface area (Å²) in [5, 5.41) is 0.